The van der Waals surface area contributed by atoms with Gasteiger partial charge in [0.15, 0.2) is 11.5 Å². The summed E-state index contributed by atoms with van der Waals surface area (Å²) >= 11 is 10.3. The predicted molar refractivity (Wildman–Crippen MR) is 143 cm³/mol. The Kier molecular flexibility index (Phi) is 8.78. The van der Waals surface area contributed by atoms with Crippen LogP contribution < -0.4 is 14.8 Å². The molecule has 0 aromatic heterocycles. The van der Waals surface area contributed by atoms with Crippen LogP contribution in [-0.2, 0) is 11.4 Å². The maximum absolute atomic E-state index is 12.6. The Hall–Kier alpha value is -2.29. The number of nitrogens with one attached hydrogen (secondary N) is 1. The van der Waals surface area contributed by atoms with Gasteiger partial charge in [-0.25, -0.2) is 0 Å². The molecule has 1 N–H and O–H groups in total. The molecule has 3 aromatic carbocycles. The maximum atomic E-state index is 12.6. The molecule has 0 heterocycles. The molecule has 3 rings (SSSR count). The third kappa shape index (κ3) is 6.60. The predicted octanol–water partition coefficient (Wildman–Crippen LogP) is 6.68. The summed E-state index contributed by atoms with van der Waals surface area (Å²) in [6.45, 7) is 0.348. The molecule has 0 unspecified atom stereocenters. The molecule has 0 radical (unpaired) electrons. The van der Waals surface area contributed by atoms with E-state index >= 15 is 0 Å². The zero-order chi connectivity index (χ0) is 23.1. The highest BCUT2D eigenvalue weighted by Gasteiger charge is 2.14. The first-order valence-electron chi connectivity index (χ1n) is 9.33. The van der Waals surface area contributed by atoms with Crippen LogP contribution in [0.1, 0.15) is 11.1 Å². The number of nitrogens with zero attached hydrogens (tertiary/aromatic N) is 1. The third-order valence-electron chi connectivity index (χ3n) is 4.33. The van der Waals surface area contributed by atoms with Crippen LogP contribution in [0.5, 0.6) is 11.5 Å². The Bertz CT molecular complexity index is 1190. The minimum Gasteiger partial charge on any atom is -0.493 e. The van der Waals surface area contributed by atoms with Crippen molar-refractivity contribution in [2.45, 2.75) is 6.61 Å². The molecule has 0 atom stereocenters. The minimum atomic E-state index is -0.481. The summed E-state index contributed by atoms with van der Waals surface area (Å²) in [5.41, 5.74) is 2.22. The normalized spacial score (nSPS) is 10.9. The SMILES string of the molecule is COc1cc(/C=C(\C#N)C(=O)Nc2ccc(I)cc2)cc(I)c1OCc1ccc(Cl)cc1. The van der Waals surface area contributed by atoms with Crippen LogP contribution in [0.15, 0.2) is 66.2 Å². The molecule has 0 bridgehead atoms. The van der Waals surface area contributed by atoms with Gasteiger partial charge in [-0.3, -0.25) is 4.79 Å². The third-order valence-corrected chi connectivity index (χ3v) is 6.10. The van der Waals surface area contributed by atoms with E-state index in [0.717, 1.165) is 12.7 Å². The summed E-state index contributed by atoms with van der Waals surface area (Å²) in [6.07, 6.45) is 1.52. The van der Waals surface area contributed by atoms with Crippen molar-refractivity contribution in [2.75, 3.05) is 12.4 Å². The molecule has 0 aliphatic carbocycles. The Morgan fingerprint density at radius 3 is 2.44 bits per heavy atom. The van der Waals surface area contributed by atoms with E-state index in [-0.39, 0.29) is 5.57 Å². The van der Waals surface area contributed by atoms with Crippen LogP contribution in [0.25, 0.3) is 6.08 Å². The molecule has 5 nitrogen and oxygen atoms in total. The number of nitriles is 1. The first kappa shape index (κ1) is 24.4. The molecule has 0 spiro atoms. The van der Waals surface area contributed by atoms with Gasteiger partial charge < -0.3 is 14.8 Å². The molecular weight excluding hydrogens is 654 g/mol. The van der Waals surface area contributed by atoms with Crippen LogP contribution >= 0.6 is 56.8 Å². The summed E-state index contributed by atoms with van der Waals surface area (Å²) in [6, 6.07) is 20.3. The van der Waals surface area contributed by atoms with E-state index < -0.39 is 5.91 Å². The second-order valence-electron chi connectivity index (χ2n) is 6.58. The smallest absolute Gasteiger partial charge is 0.266 e. The molecule has 0 saturated heterocycles. The van der Waals surface area contributed by atoms with Crippen molar-refractivity contribution in [3.05, 3.63) is 89.5 Å². The van der Waals surface area contributed by atoms with Crippen LogP contribution in [-0.4, -0.2) is 13.0 Å². The highest BCUT2D eigenvalue weighted by atomic mass is 127. The molecule has 0 fully saturated rings. The van der Waals surface area contributed by atoms with E-state index in [1.807, 2.05) is 36.4 Å². The number of benzene rings is 3. The zero-order valence-electron chi connectivity index (χ0n) is 16.9. The lowest BCUT2D eigenvalue weighted by Crippen LogP contribution is -2.13. The molecule has 0 aliphatic rings. The summed E-state index contributed by atoms with van der Waals surface area (Å²) < 4.78 is 13.3. The monoisotopic (exact) mass is 670 g/mol. The van der Waals surface area contributed by atoms with Gasteiger partial charge in [0.25, 0.3) is 5.91 Å². The van der Waals surface area contributed by atoms with Crippen molar-refractivity contribution < 1.29 is 14.3 Å². The molecule has 32 heavy (non-hydrogen) atoms. The van der Waals surface area contributed by atoms with Gasteiger partial charge in [-0.2, -0.15) is 5.26 Å². The van der Waals surface area contributed by atoms with Gasteiger partial charge in [-0.15, -0.1) is 0 Å². The molecule has 8 heteroatoms. The molecule has 162 valence electrons. The standard InChI is InChI=1S/C24H17ClI2N2O3/c1-31-22-12-16(10-17(13-28)24(30)29-20-8-6-19(26)7-9-20)11-21(27)23(22)32-14-15-2-4-18(25)5-3-15/h2-12H,14H2,1H3,(H,29,30)/b17-10+. The average Bonchev–Trinajstić information content (AvgIpc) is 2.79. The summed E-state index contributed by atoms with van der Waals surface area (Å²) in [5, 5.41) is 12.9. The van der Waals surface area contributed by atoms with E-state index in [9.17, 15) is 10.1 Å². The number of carbonyl (C=O) groups is 1. The van der Waals surface area contributed by atoms with Crippen molar-refractivity contribution in [1.82, 2.24) is 0 Å². The number of anilines is 1. The van der Waals surface area contributed by atoms with Gasteiger partial charge in [-0.05, 0) is 111 Å². The fourth-order valence-electron chi connectivity index (χ4n) is 2.75. The molecular formula is C24H17ClI2N2O3. The highest BCUT2D eigenvalue weighted by Crippen LogP contribution is 2.35. The van der Waals surface area contributed by atoms with Crippen molar-refractivity contribution in [3.8, 4) is 17.6 Å². The minimum absolute atomic E-state index is 0.0174. The number of ether oxygens (including phenoxy) is 2. The largest absolute Gasteiger partial charge is 0.493 e. The Balaban J connectivity index is 1.80. The molecule has 1 amide bonds. The zero-order valence-corrected chi connectivity index (χ0v) is 21.9. The number of carbonyl (C=O) groups excluding carboxylic acids is 1. The topological polar surface area (TPSA) is 71.3 Å². The number of amides is 1. The van der Waals surface area contributed by atoms with Gasteiger partial charge in [0, 0.05) is 14.3 Å². The van der Waals surface area contributed by atoms with Gasteiger partial charge in [-0.1, -0.05) is 23.7 Å². The average molecular weight is 671 g/mol. The van der Waals surface area contributed by atoms with Crippen molar-refractivity contribution in [1.29, 1.82) is 5.26 Å². The van der Waals surface area contributed by atoms with Crippen LogP contribution in [0.2, 0.25) is 5.02 Å². The fraction of sp³-hybridized carbons (Fsp3) is 0.0833. The van der Waals surface area contributed by atoms with Crippen LogP contribution in [0, 0.1) is 18.5 Å². The van der Waals surface area contributed by atoms with E-state index in [2.05, 4.69) is 50.5 Å². The van der Waals surface area contributed by atoms with Gasteiger partial charge >= 0.3 is 0 Å². The maximum Gasteiger partial charge on any atom is 0.266 e. The van der Waals surface area contributed by atoms with E-state index in [0.29, 0.717) is 34.4 Å². The van der Waals surface area contributed by atoms with Crippen molar-refractivity contribution in [2.24, 2.45) is 0 Å². The van der Waals surface area contributed by atoms with E-state index in [4.69, 9.17) is 21.1 Å². The number of hydrogen-bond donors (Lipinski definition) is 1. The Morgan fingerprint density at radius 2 is 1.81 bits per heavy atom. The number of halogens is 3. The van der Waals surface area contributed by atoms with E-state index in [1.165, 1.54) is 6.08 Å². The van der Waals surface area contributed by atoms with Crippen molar-refractivity contribution in [3.63, 3.8) is 0 Å². The second-order valence-corrected chi connectivity index (χ2v) is 9.42. The number of hydrogen-bond acceptors (Lipinski definition) is 4. The summed E-state index contributed by atoms with van der Waals surface area (Å²) in [7, 11) is 1.54. The van der Waals surface area contributed by atoms with Gasteiger partial charge in [0.05, 0.1) is 10.7 Å². The van der Waals surface area contributed by atoms with Gasteiger partial charge in [0.2, 0.25) is 0 Å². The van der Waals surface area contributed by atoms with Crippen molar-refractivity contribution >= 4 is 74.5 Å². The summed E-state index contributed by atoms with van der Waals surface area (Å²) in [4.78, 5) is 12.6. The number of rotatable bonds is 7. The molecule has 0 aliphatic heterocycles. The Labute approximate surface area is 218 Å². The Morgan fingerprint density at radius 1 is 1.12 bits per heavy atom. The van der Waals surface area contributed by atoms with Gasteiger partial charge in [0.1, 0.15) is 18.2 Å². The second kappa shape index (κ2) is 11.5. The lowest BCUT2D eigenvalue weighted by molar-refractivity contribution is -0.112. The summed E-state index contributed by atoms with van der Waals surface area (Å²) in [5.74, 6) is 0.611. The highest BCUT2D eigenvalue weighted by molar-refractivity contribution is 14.1. The molecule has 0 saturated carbocycles. The first-order chi connectivity index (χ1) is 15.4. The van der Waals surface area contributed by atoms with Crippen LogP contribution in [0.3, 0.4) is 0 Å². The van der Waals surface area contributed by atoms with E-state index in [1.54, 1.807) is 37.4 Å². The lowest BCUT2D eigenvalue weighted by Gasteiger charge is -2.14. The quantitative estimate of drug-likeness (QED) is 0.173. The first-order valence-corrected chi connectivity index (χ1v) is 11.9. The lowest BCUT2D eigenvalue weighted by atomic mass is 10.1. The fourth-order valence-corrected chi connectivity index (χ4v) is 4.01. The van der Waals surface area contributed by atoms with Crippen LogP contribution in [0.4, 0.5) is 5.69 Å². The number of methoxy groups -OCH3 is 1. The molecule has 3 aromatic rings.